The fraction of sp³-hybridized carbons (Fsp3) is 0.143. The lowest BCUT2D eigenvalue weighted by molar-refractivity contribution is 0.301. The second kappa shape index (κ2) is 8.94. The van der Waals surface area contributed by atoms with Gasteiger partial charge in [0.25, 0.3) is 0 Å². The van der Waals surface area contributed by atoms with Gasteiger partial charge in [0.15, 0.2) is 0 Å². The molecule has 0 unspecified atom stereocenters. The van der Waals surface area contributed by atoms with E-state index in [2.05, 4.69) is 55.4 Å². The summed E-state index contributed by atoms with van der Waals surface area (Å²) in [6.07, 6.45) is 0. The largest absolute Gasteiger partial charge is 0.487 e. The maximum atomic E-state index is 6.22. The fourth-order valence-electron chi connectivity index (χ4n) is 2.54. The average Bonchev–Trinajstić information content (AvgIpc) is 2.62. The van der Waals surface area contributed by atoms with Crippen LogP contribution in [0.15, 0.2) is 69.6 Å². The zero-order chi connectivity index (χ0) is 18.5. The molecule has 0 spiro atoms. The standard InChI is InChI=1S/C21H18Br2ClNO/c1-14-7-8-18(11-20(14)24)25-12-16-9-17(22)10-19(23)21(16)26-13-15-5-3-2-4-6-15/h2-11,25H,12-13H2,1H3. The summed E-state index contributed by atoms with van der Waals surface area (Å²) in [5.74, 6) is 0.836. The number of rotatable bonds is 6. The first-order valence-corrected chi connectivity index (χ1v) is 10.1. The highest BCUT2D eigenvalue weighted by molar-refractivity contribution is 9.11. The van der Waals surface area contributed by atoms with E-state index in [9.17, 15) is 0 Å². The lowest BCUT2D eigenvalue weighted by Gasteiger charge is -2.16. The van der Waals surface area contributed by atoms with Crippen LogP contribution >= 0.6 is 43.5 Å². The van der Waals surface area contributed by atoms with Crippen LogP contribution in [-0.4, -0.2) is 0 Å². The molecular weight excluding hydrogens is 477 g/mol. The van der Waals surface area contributed by atoms with Crippen LogP contribution in [0, 0.1) is 6.92 Å². The lowest BCUT2D eigenvalue weighted by Crippen LogP contribution is -2.05. The van der Waals surface area contributed by atoms with Gasteiger partial charge in [-0.25, -0.2) is 0 Å². The number of halogens is 3. The van der Waals surface area contributed by atoms with Crippen molar-refractivity contribution in [2.75, 3.05) is 5.32 Å². The lowest BCUT2D eigenvalue weighted by atomic mass is 10.1. The Morgan fingerprint density at radius 3 is 2.50 bits per heavy atom. The summed E-state index contributed by atoms with van der Waals surface area (Å²) >= 11 is 13.4. The Kier molecular flexibility index (Phi) is 6.63. The third-order valence-electron chi connectivity index (χ3n) is 3.97. The van der Waals surface area contributed by atoms with Gasteiger partial charge in [-0.15, -0.1) is 0 Å². The highest BCUT2D eigenvalue weighted by Gasteiger charge is 2.11. The Hall–Kier alpha value is -1.49. The van der Waals surface area contributed by atoms with Crippen molar-refractivity contribution in [1.29, 1.82) is 0 Å². The first-order valence-electron chi connectivity index (χ1n) is 8.17. The van der Waals surface area contributed by atoms with Crippen LogP contribution < -0.4 is 10.1 Å². The molecule has 3 aromatic carbocycles. The third kappa shape index (κ3) is 5.03. The summed E-state index contributed by atoms with van der Waals surface area (Å²) in [4.78, 5) is 0. The Morgan fingerprint density at radius 1 is 1.00 bits per heavy atom. The summed E-state index contributed by atoms with van der Waals surface area (Å²) < 4.78 is 8.02. The molecule has 0 saturated heterocycles. The van der Waals surface area contributed by atoms with E-state index in [1.807, 2.05) is 49.4 Å². The second-order valence-electron chi connectivity index (χ2n) is 5.97. The molecule has 5 heteroatoms. The molecule has 134 valence electrons. The van der Waals surface area contributed by atoms with Gasteiger partial charge in [0.2, 0.25) is 0 Å². The zero-order valence-electron chi connectivity index (χ0n) is 14.2. The van der Waals surface area contributed by atoms with Gasteiger partial charge in [0.05, 0.1) is 4.47 Å². The molecule has 0 aromatic heterocycles. The molecule has 0 fully saturated rings. The molecular formula is C21H18Br2ClNO. The highest BCUT2D eigenvalue weighted by Crippen LogP contribution is 2.34. The third-order valence-corrected chi connectivity index (χ3v) is 5.42. The van der Waals surface area contributed by atoms with E-state index in [0.717, 1.165) is 42.1 Å². The van der Waals surface area contributed by atoms with Crippen molar-refractivity contribution in [2.24, 2.45) is 0 Å². The van der Waals surface area contributed by atoms with Gasteiger partial charge < -0.3 is 10.1 Å². The summed E-state index contributed by atoms with van der Waals surface area (Å²) in [7, 11) is 0. The minimum atomic E-state index is 0.518. The first-order chi connectivity index (χ1) is 12.5. The van der Waals surface area contributed by atoms with Gasteiger partial charge in [-0.3, -0.25) is 0 Å². The van der Waals surface area contributed by atoms with Crippen LogP contribution in [0.25, 0.3) is 0 Å². The number of hydrogen-bond donors (Lipinski definition) is 1. The van der Waals surface area contributed by atoms with Crippen molar-refractivity contribution in [3.8, 4) is 5.75 Å². The zero-order valence-corrected chi connectivity index (χ0v) is 18.2. The molecule has 1 N–H and O–H groups in total. The Labute approximate surface area is 175 Å². The Balaban J connectivity index is 1.77. The predicted molar refractivity (Wildman–Crippen MR) is 116 cm³/mol. The van der Waals surface area contributed by atoms with Gasteiger partial charge in [0.1, 0.15) is 12.4 Å². The molecule has 0 amide bonds. The summed E-state index contributed by atoms with van der Waals surface area (Å²) in [5.41, 5.74) is 4.23. The van der Waals surface area contributed by atoms with Crippen LogP contribution in [0.2, 0.25) is 5.02 Å². The molecule has 0 atom stereocenters. The molecule has 0 aliphatic rings. The number of benzene rings is 3. The van der Waals surface area contributed by atoms with Crippen LogP contribution in [0.5, 0.6) is 5.75 Å². The van der Waals surface area contributed by atoms with Crippen molar-refractivity contribution in [1.82, 2.24) is 0 Å². The maximum absolute atomic E-state index is 6.22. The quantitative estimate of drug-likeness (QED) is 0.386. The van der Waals surface area contributed by atoms with Crippen molar-refractivity contribution >= 4 is 49.1 Å². The summed E-state index contributed by atoms with van der Waals surface area (Å²) in [6.45, 7) is 3.14. The number of nitrogens with one attached hydrogen (secondary N) is 1. The maximum Gasteiger partial charge on any atom is 0.139 e. The second-order valence-corrected chi connectivity index (χ2v) is 8.14. The summed E-state index contributed by atoms with van der Waals surface area (Å²) in [6, 6.07) is 20.2. The van der Waals surface area contributed by atoms with E-state index in [4.69, 9.17) is 16.3 Å². The number of anilines is 1. The predicted octanol–water partition coefficient (Wildman–Crippen LogP) is 7.36. The van der Waals surface area contributed by atoms with E-state index >= 15 is 0 Å². The van der Waals surface area contributed by atoms with E-state index in [1.165, 1.54) is 0 Å². The molecule has 0 aliphatic carbocycles. The molecule has 26 heavy (non-hydrogen) atoms. The Bertz CT molecular complexity index is 900. The molecule has 0 radical (unpaired) electrons. The monoisotopic (exact) mass is 493 g/mol. The molecule has 0 saturated carbocycles. The molecule has 0 heterocycles. The molecule has 2 nitrogen and oxygen atoms in total. The average molecular weight is 496 g/mol. The fourth-order valence-corrected chi connectivity index (χ4v) is 4.15. The van der Waals surface area contributed by atoms with E-state index < -0.39 is 0 Å². The van der Waals surface area contributed by atoms with Crippen molar-refractivity contribution in [2.45, 2.75) is 20.1 Å². The van der Waals surface area contributed by atoms with Gasteiger partial charge in [-0.2, -0.15) is 0 Å². The van der Waals surface area contributed by atoms with E-state index in [-0.39, 0.29) is 0 Å². The molecule has 0 aliphatic heterocycles. The smallest absolute Gasteiger partial charge is 0.139 e. The molecule has 3 aromatic rings. The van der Waals surface area contributed by atoms with E-state index in [1.54, 1.807) is 0 Å². The van der Waals surface area contributed by atoms with Gasteiger partial charge in [-0.1, -0.05) is 63.9 Å². The SMILES string of the molecule is Cc1ccc(NCc2cc(Br)cc(Br)c2OCc2ccccc2)cc1Cl. The highest BCUT2D eigenvalue weighted by atomic mass is 79.9. The minimum absolute atomic E-state index is 0.518. The van der Waals surface area contributed by atoms with Crippen LogP contribution in [-0.2, 0) is 13.2 Å². The minimum Gasteiger partial charge on any atom is -0.487 e. The van der Waals surface area contributed by atoms with Crippen molar-refractivity contribution in [3.05, 3.63) is 91.3 Å². The number of ether oxygens (including phenoxy) is 1. The Morgan fingerprint density at radius 2 is 1.77 bits per heavy atom. The van der Waals surface area contributed by atoms with Crippen LogP contribution in [0.4, 0.5) is 5.69 Å². The van der Waals surface area contributed by atoms with Gasteiger partial charge in [0, 0.05) is 27.3 Å². The van der Waals surface area contributed by atoms with Crippen molar-refractivity contribution in [3.63, 3.8) is 0 Å². The topological polar surface area (TPSA) is 21.3 Å². The first kappa shape index (κ1) is 19.3. The van der Waals surface area contributed by atoms with Crippen LogP contribution in [0.1, 0.15) is 16.7 Å². The van der Waals surface area contributed by atoms with E-state index in [0.29, 0.717) is 13.2 Å². The molecule has 0 bridgehead atoms. The van der Waals surface area contributed by atoms with Crippen LogP contribution in [0.3, 0.4) is 0 Å². The summed E-state index contributed by atoms with van der Waals surface area (Å²) in [5, 5.41) is 4.17. The van der Waals surface area contributed by atoms with Gasteiger partial charge >= 0.3 is 0 Å². The van der Waals surface area contributed by atoms with Gasteiger partial charge in [-0.05, 0) is 58.2 Å². The number of hydrogen-bond acceptors (Lipinski definition) is 2. The number of aryl methyl sites for hydroxylation is 1. The van der Waals surface area contributed by atoms with Crippen molar-refractivity contribution < 1.29 is 4.74 Å². The normalized spacial score (nSPS) is 10.6. The molecule has 3 rings (SSSR count).